The highest BCUT2D eigenvalue weighted by Gasteiger charge is 2.05. The van der Waals surface area contributed by atoms with Crippen LogP contribution in [0.4, 0.5) is 0 Å². The van der Waals surface area contributed by atoms with E-state index in [2.05, 4.69) is 18.2 Å². The van der Waals surface area contributed by atoms with E-state index in [9.17, 15) is 5.26 Å². The fourth-order valence-electron chi connectivity index (χ4n) is 2.61. The minimum Gasteiger partial charge on any atom is -0.494 e. The molecule has 0 unspecified atom stereocenters. The van der Waals surface area contributed by atoms with Crippen LogP contribution in [0, 0.1) is 16.0 Å². The predicted molar refractivity (Wildman–Crippen MR) is 97.5 cm³/mol. The van der Waals surface area contributed by atoms with Crippen molar-refractivity contribution in [3.05, 3.63) is 82.6 Å². The lowest BCUT2D eigenvalue weighted by Gasteiger charge is -2.10. The van der Waals surface area contributed by atoms with Crippen molar-refractivity contribution in [3.63, 3.8) is 0 Å². The van der Waals surface area contributed by atoms with E-state index >= 15 is 0 Å². The minimum atomic E-state index is 0.677. The summed E-state index contributed by atoms with van der Waals surface area (Å²) < 4.78 is 7.93. The monoisotopic (exact) mass is 332 g/mol. The molecule has 0 atom stereocenters. The Morgan fingerprint density at radius 3 is 2.50 bits per heavy atom. The fraction of sp³-hybridized carbons (Fsp3) is 0.100. The summed E-state index contributed by atoms with van der Waals surface area (Å²) in [5.74, 6) is 0.701. The Balaban J connectivity index is 1.88. The highest BCUT2D eigenvalue weighted by molar-refractivity contribution is 7.71. The number of benzene rings is 2. The molecule has 0 aliphatic carbocycles. The van der Waals surface area contributed by atoms with Gasteiger partial charge in [0.25, 0.3) is 0 Å². The van der Waals surface area contributed by atoms with Crippen LogP contribution in [0.1, 0.15) is 11.1 Å². The van der Waals surface area contributed by atoms with Gasteiger partial charge in [-0.1, -0.05) is 54.7 Å². The quantitative estimate of drug-likeness (QED) is 0.643. The van der Waals surface area contributed by atoms with Gasteiger partial charge in [-0.05, 0) is 34.9 Å². The molecule has 0 aliphatic heterocycles. The molecule has 0 spiro atoms. The molecular formula is C20H16N2OS. The van der Waals surface area contributed by atoms with Crippen LogP contribution in [0.3, 0.4) is 0 Å². The summed E-state index contributed by atoms with van der Waals surface area (Å²) in [6.07, 6.45) is 1.95. The molecule has 4 heteroatoms. The topological polar surface area (TPSA) is 38.0 Å². The van der Waals surface area contributed by atoms with Gasteiger partial charge >= 0.3 is 0 Å². The molecule has 1 aromatic heterocycles. The van der Waals surface area contributed by atoms with Crippen molar-refractivity contribution in [1.82, 2.24) is 4.57 Å². The van der Waals surface area contributed by atoms with Gasteiger partial charge in [0.2, 0.25) is 0 Å². The van der Waals surface area contributed by atoms with E-state index in [1.54, 1.807) is 7.11 Å². The molecule has 3 aromatic rings. The van der Waals surface area contributed by atoms with Gasteiger partial charge in [0.05, 0.1) is 18.7 Å². The Kier molecular flexibility index (Phi) is 4.74. The zero-order valence-corrected chi connectivity index (χ0v) is 14.1. The van der Waals surface area contributed by atoms with E-state index in [4.69, 9.17) is 17.0 Å². The molecule has 3 nitrogen and oxygen atoms in total. The average Bonchev–Trinajstić information content (AvgIpc) is 2.64. The predicted octanol–water partition coefficient (Wildman–Crippen LogP) is 4.81. The number of hydrogen-bond acceptors (Lipinski definition) is 3. The standard InChI is InChI=1S/C20H16N2OS/c1-23-19-7-4-12-22(20(19)24)14-15-8-10-16(11-9-15)18-6-3-2-5-17(18)13-21/h2-12H,14H2,1H3. The van der Waals surface area contributed by atoms with Crippen LogP contribution in [-0.2, 0) is 6.54 Å². The maximum Gasteiger partial charge on any atom is 0.153 e. The van der Waals surface area contributed by atoms with Crippen LogP contribution < -0.4 is 4.74 Å². The number of pyridine rings is 1. The zero-order valence-electron chi connectivity index (χ0n) is 13.3. The van der Waals surface area contributed by atoms with Gasteiger partial charge in [-0.25, -0.2) is 0 Å². The Bertz CT molecular complexity index is 952. The van der Waals surface area contributed by atoms with Gasteiger partial charge in [-0.2, -0.15) is 5.26 Å². The zero-order chi connectivity index (χ0) is 16.9. The SMILES string of the molecule is COc1cccn(Cc2ccc(-c3ccccc3C#N)cc2)c1=S. The number of rotatable bonds is 4. The van der Waals surface area contributed by atoms with E-state index in [1.807, 2.05) is 59.3 Å². The van der Waals surface area contributed by atoms with E-state index in [1.165, 1.54) is 0 Å². The summed E-state index contributed by atoms with van der Waals surface area (Å²) >= 11 is 5.43. The van der Waals surface area contributed by atoms with E-state index < -0.39 is 0 Å². The maximum atomic E-state index is 9.23. The van der Waals surface area contributed by atoms with E-state index in [0.29, 0.717) is 22.5 Å². The number of methoxy groups -OCH3 is 1. The second kappa shape index (κ2) is 7.12. The molecule has 0 saturated heterocycles. The van der Waals surface area contributed by atoms with Crippen LogP contribution in [0.15, 0.2) is 66.9 Å². The number of nitrogens with zero attached hydrogens (tertiary/aromatic N) is 2. The third-order valence-corrected chi connectivity index (χ3v) is 4.31. The Labute approximate surface area is 146 Å². The van der Waals surface area contributed by atoms with Crippen molar-refractivity contribution < 1.29 is 4.74 Å². The molecule has 0 radical (unpaired) electrons. The molecule has 0 saturated carbocycles. The Morgan fingerprint density at radius 1 is 1.04 bits per heavy atom. The molecule has 3 rings (SSSR count). The van der Waals surface area contributed by atoms with Gasteiger partial charge in [0, 0.05) is 12.7 Å². The second-order valence-electron chi connectivity index (χ2n) is 5.36. The molecule has 1 heterocycles. The molecule has 0 N–H and O–H groups in total. The lowest BCUT2D eigenvalue weighted by Crippen LogP contribution is -2.02. The van der Waals surface area contributed by atoms with Gasteiger partial charge in [-0.3, -0.25) is 0 Å². The summed E-state index contributed by atoms with van der Waals surface area (Å²) in [7, 11) is 1.62. The first-order valence-corrected chi connectivity index (χ1v) is 7.95. The molecule has 0 amide bonds. The van der Waals surface area contributed by atoms with Gasteiger partial charge in [0.1, 0.15) is 4.64 Å². The lowest BCUT2D eigenvalue weighted by atomic mass is 9.99. The number of aromatic nitrogens is 1. The Hall–Kier alpha value is -2.90. The molecule has 0 bridgehead atoms. The van der Waals surface area contributed by atoms with Crippen molar-refractivity contribution in [2.45, 2.75) is 6.54 Å². The number of ether oxygens (including phenoxy) is 1. The molecule has 2 aromatic carbocycles. The first-order valence-electron chi connectivity index (χ1n) is 7.55. The first-order chi connectivity index (χ1) is 11.7. The normalized spacial score (nSPS) is 10.2. The molecule has 118 valence electrons. The van der Waals surface area contributed by atoms with Crippen LogP contribution in [-0.4, -0.2) is 11.7 Å². The second-order valence-corrected chi connectivity index (χ2v) is 5.75. The third-order valence-electron chi connectivity index (χ3n) is 3.87. The molecule has 0 aliphatic rings. The van der Waals surface area contributed by atoms with Gasteiger partial charge < -0.3 is 9.30 Å². The largest absolute Gasteiger partial charge is 0.494 e. The van der Waals surface area contributed by atoms with Gasteiger partial charge in [0.15, 0.2) is 5.75 Å². The van der Waals surface area contributed by atoms with Crippen molar-refractivity contribution in [2.75, 3.05) is 7.11 Å². The summed E-state index contributed by atoms with van der Waals surface area (Å²) in [6, 6.07) is 21.8. The number of nitriles is 1. The van der Waals surface area contributed by atoms with E-state index in [-0.39, 0.29) is 0 Å². The number of hydrogen-bond donors (Lipinski definition) is 0. The smallest absolute Gasteiger partial charge is 0.153 e. The third kappa shape index (κ3) is 3.22. The van der Waals surface area contributed by atoms with Crippen LogP contribution in [0.5, 0.6) is 5.75 Å². The first kappa shape index (κ1) is 16.0. The summed E-state index contributed by atoms with van der Waals surface area (Å²) in [4.78, 5) is 0. The molecule has 24 heavy (non-hydrogen) atoms. The van der Waals surface area contributed by atoms with Crippen molar-refractivity contribution in [2.24, 2.45) is 0 Å². The van der Waals surface area contributed by atoms with Crippen molar-refractivity contribution in [3.8, 4) is 22.9 Å². The van der Waals surface area contributed by atoms with E-state index in [0.717, 1.165) is 16.7 Å². The van der Waals surface area contributed by atoms with Crippen molar-refractivity contribution in [1.29, 1.82) is 5.26 Å². The summed E-state index contributed by atoms with van der Waals surface area (Å²) in [5.41, 5.74) is 3.80. The summed E-state index contributed by atoms with van der Waals surface area (Å²) in [5, 5.41) is 9.23. The fourth-order valence-corrected chi connectivity index (χ4v) is 2.89. The lowest BCUT2D eigenvalue weighted by molar-refractivity contribution is 0.407. The van der Waals surface area contributed by atoms with Crippen LogP contribution in [0.2, 0.25) is 0 Å². The average molecular weight is 332 g/mol. The highest BCUT2D eigenvalue weighted by Crippen LogP contribution is 2.24. The maximum absolute atomic E-state index is 9.23. The molecular weight excluding hydrogens is 316 g/mol. The highest BCUT2D eigenvalue weighted by atomic mass is 32.1. The van der Waals surface area contributed by atoms with Crippen LogP contribution in [0.25, 0.3) is 11.1 Å². The Morgan fingerprint density at radius 2 is 1.79 bits per heavy atom. The van der Waals surface area contributed by atoms with Crippen LogP contribution >= 0.6 is 12.2 Å². The minimum absolute atomic E-state index is 0.677. The van der Waals surface area contributed by atoms with Crippen molar-refractivity contribution >= 4 is 12.2 Å². The summed E-state index contributed by atoms with van der Waals surface area (Å²) in [6.45, 7) is 0.677. The molecule has 0 fully saturated rings. The van der Waals surface area contributed by atoms with Gasteiger partial charge in [-0.15, -0.1) is 0 Å².